The first-order valence-electron chi connectivity index (χ1n) is 29.4. The van der Waals surface area contributed by atoms with Crippen molar-refractivity contribution in [2.45, 2.75) is 69.2 Å². The molecule has 6 heteroatoms. The summed E-state index contributed by atoms with van der Waals surface area (Å²) in [4.78, 5) is 2.80. The van der Waals surface area contributed by atoms with Gasteiger partial charge in [-0.15, -0.1) is 0 Å². The smallest absolute Gasteiger partial charge is 0.251 e. The van der Waals surface area contributed by atoms with Gasteiger partial charge in [-0.05, 0) is 209 Å². The highest BCUT2D eigenvalue weighted by Crippen LogP contribution is 2.51. The average Bonchev–Trinajstić information content (AvgIpc) is 1.74. The second-order valence-corrected chi connectivity index (χ2v) is 25.2. The molecule has 4 aliphatic rings. The maximum atomic E-state index is 2.80. The quantitative estimate of drug-likeness (QED) is 0.161. The van der Waals surface area contributed by atoms with Gasteiger partial charge in [0.15, 0.2) is 0 Å². The standard InChI is InChI=1S/C76H58B2N4/c1-39-11-19-59-49(27-39)57-35-47(9)37-67-69(57)77(59)71-73-72(78-60-20-12-40(2)28-50(60)58-36-48(10)38-68(70(58)78)82(67)73)75(80-63-23-15-43(5)31-53(63)54-32-44(6)16-24-64(54)80)76(81-65-25-17-45(7)33-55(65)56-34-46(8)18-26-66(56)81)74(71)79-61-21-13-41(3)29-51(61)52-30-42(4)14-22-62(52)79/h11-38H,1-10H3. The van der Waals surface area contributed by atoms with Crippen molar-refractivity contribution >= 4 is 129 Å². The monoisotopic (exact) mass is 1050 g/mol. The van der Waals surface area contributed by atoms with Crippen LogP contribution in [0, 0.1) is 69.2 Å². The van der Waals surface area contributed by atoms with Crippen LogP contribution in [0.3, 0.4) is 0 Å². The molecule has 0 unspecified atom stereocenters. The van der Waals surface area contributed by atoms with Gasteiger partial charge >= 0.3 is 0 Å². The molecule has 388 valence electrons. The summed E-state index contributed by atoms with van der Waals surface area (Å²) in [5, 5.41) is 7.60. The number of aromatic nitrogens is 3. The summed E-state index contributed by atoms with van der Waals surface area (Å²) in [6.07, 6.45) is 0. The molecule has 7 heterocycles. The van der Waals surface area contributed by atoms with Crippen molar-refractivity contribution < 1.29 is 0 Å². The lowest BCUT2D eigenvalue weighted by atomic mass is 9.31. The van der Waals surface area contributed by atoms with E-state index >= 15 is 0 Å². The van der Waals surface area contributed by atoms with Gasteiger partial charge in [-0.3, -0.25) is 0 Å². The molecule has 4 nitrogen and oxygen atoms in total. The van der Waals surface area contributed by atoms with Crippen LogP contribution in [0.5, 0.6) is 0 Å². The summed E-state index contributed by atoms with van der Waals surface area (Å²) < 4.78 is 8.22. The van der Waals surface area contributed by atoms with Gasteiger partial charge in [0.2, 0.25) is 0 Å². The Bertz CT molecular complexity index is 4920. The van der Waals surface area contributed by atoms with Crippen LogP contribution in [0.2, 0.25) is 0 Å². The third kappa shape index (κ3) is 5.84. The zero-order valence-electron chi connectivity index (χ0n) is 48.1. The Kier molecular flexibility index (Phi) is 8.96. The molecule has 14 aromatic rings. The lowest BCUT2D eigenvalue weighted by molar-refractivity contribution is 1.06. The van der Waals surface area contributed by atoms with E-state index < -0.39 is 0 Å². The van der Waals surface area contributed by atoms with Crippen molar-refractivity contribution in [1.29, 1.82) is 0 Å². The topological polar surface area (TPSA) is 18.0 Å². The third-order valence-corrected chi connectivity index (χ3v) is 19.5. The largest absolute Gasteiger partial charge is 0.312 e. The molecule has 4 aliphatic heterocycles. The fourth-order valence-corrected chi connectivity index (χ4v) is 16.2. The minimum Gasteiger partial charge on any atom is -0.312 e. The molecule has 11 aromatic carbocycles. The summed E-state index contributed by atoms with van der Waals surface area (Å²) >= 11 is 0. The van der Waals surface area contributed by atoms with E-state index in [1.54, 1.807) is 0 Å². The van der Waals surface area contributed by atoms with Crippen LogP contribution in [-0.2, 0) is 0 Å². The summed E-state index contributed by atoms with van der Waals surface area (Å²) in [5.74, 6) is 0. The van der Waals surface area contributed by atoms with Crippen molar-refractivity contribution in [1.82, 2.24) is 13.7 Å². The van der Waals surface area contributed by atoms with Crippen LogP contribution in [0.4, 0.5) is 17.1 Å². The van der Waals surface area contributed by atoms with Gasteiger partial charge in [-0.2, -0.15) is 0 Å². The van der Waals surface area contributed by atoms with Crippen molar-refractivity contribution in [2.24, 2.45) is 0 Å². The van der Waals surface area contributed by atoms with Crippen molar-refractivity contribution in [2.75, 3.05) is 4.90 Å². The van der Waals surface area contributed by atoms with E-state index in [9.17, 15) is 0 Å². The lowest BCUT2D eigenvalue weighted by Crippen LogP contribution is -2.64. The maximum absolute atomic E-state index is 2.80. The first kappa shape index (κ1) is 46.5. The number of aryl methyl sites for hydroxylation is 10. The Morgan fingerprint density at radius 2 is 0.500 bits per heavy atom. The van der Waals surface area contributed by atoms with Crippen molar-refractivity contribution in [3.8, 4) is 39.3 Å². The molecule has 0 atom stereocenters. The third-order valence-electron chi connectivity index (χ3n) is 19.5. The summed E-state index contributed by atoms with van der Waals surface area (Å²) in [6.45, 7) is 22.5. The number of benzene rings is 11. The fourth-order valence-electron chi connectivity index (χ4n) is 16.2. The number of hydrogen-bond acceptors (Lipinski definition) is 1. The fraction of sp³-hybridized carbons (Fsp3) is 0.132. The average molecular weight is 1050 g/mol. The lowest BCUT2D eigenvalue weighted by Gasteiger charge is -2.45. The Morgan fingerprint density at radius 3 is 0.817 bits per heavy atom. The van der Waals surface area contributed by atoms with Gasteiger partial charge in [0.25, 0.3) is 13.4 Å². The van der Waals surface area contributed by atoms with Gasteiger partial charge in [0.1, 0.15) is 0 Å². The van der Waals surface area contributed by atoms with Crippen LogP contribution >= 0.6 is 0 Å². The minimum atomic E-state index is -0.108. The predicted molar refractivity (Wildman–Crippen MR) is 352 cm³/mol. The second-order valence-electron chi connectivity index (χ2n) is 25.2. The zero-order chi connectivity index (χ0) is 55.2. The zero-order valence-corrected chi connectivity index (χ0v) is 48.1. The molecule has 82 heavy (non-hydrogen) atoms. The summed E-state index contributed by atoms with van der Waals surface area (Å²) in [7, 11) is 0. The van der Waals surface area contributed by atoms with E-state index in [0.29, 0.717) is 0 Å². The highest BCUT2D eigenvalue weighted by molar-refractivity contribution is 7.06. The van der Waals surface area contributed by atoms with E-state index in [0.717, 1.165) is 0 Å². The molecule has 0 amide bonds. The Morgan fingerprint density at radius 1 is 0.232 bits per heavy atom. The van der Waals surface area contributed by atoms with E-state index in [1.165, 1.54) is 210 Å². The first-order chi connectivity index (χ1) is 39.8. The first-order valence-corrected chi connectivity index (χ1v) is 29.4. The molecule has 18 rings (SSSR count). The van der Waals surface area contributed by atoms with Gasteiger partial charge < -0.3 is 18.6 Å². The van der Waals surface area contributed by atoms with E-state index in [4.69, 9.17) is 0 Å². The Labute approximate surface area is 478 Å². The van der Waals surface area contributed by atoms with Gasteiger partial charge in [-0.1, -0.05) is 140 Å². The molecular weight excluding hydrogens is 990 g/mol. The molecule has 0 radical (unpaired) electrons. The Hall–Kier alpha value is -9.25. The second kappa shape index (κ2) is 15.8. The molecule has 0 spiro atoms. The highest BCUT2D eigenvalue weighted by atomic mass is 15.2. The van der Waals surface area contributed by atoms with Gasteiger partial charge in [0.05, 0.1) is 50.2 Å². The van der Waals surface area contributed by atoms with Crippen LogP contribution in [0.1, 0.15) is 55.6 Å². The van der Waals surface area contributed by atoms with Gasteiger partial charge in [-0.25, -0.2) is 0 Å². The van der Waals surface area contributed by atoms with E-state index in [-0.39, 0.29) is 13.4 Å². The van der Waals surface area contributed by atoms with Crippen molar-refractivity contribution in [3.63, 3.8) is 0 Å². The van der Waals surface area contributed by atoms with E-state index in [1.807, 2.05) is 0 Å². The molecule has 0 aliphatic carbocycles. The normalized spacial score (nSPS) is 13.4. The predicted octanol–water partition coefficient (Wildman–Crippen LogP) is 15.2. The van der Waals surface area contributed by atoms with Crippen LogP contribution in [0.15, 0.2) is 170 Å². The Balaban J connectivity index is 1.21. The highest BCUT2D eigenvalue weighted by Gasteiger charge is 2.54. The summed E-state index contributed by atoms with van der Waals surface area (Å²) in [5.41, 5.74) is 40.9. The number of rotatable bonds is 3. The van der Waals surface area contributed by atoms with Gasteiger partial charge in [0, 0.05) is 49.4 Å². The molecule has 3 aromatic heterocycles. The van der Waals surface area contributed by atoms with Crippen LogP contribution < -0.4 is 37.7 Å². The molecule has 0 saturated carbocycles. The van der Waals surface area contributed by atoms with E-state index in [2.05, 4.69) is 258 Å². The molecule has 0 bridgehead atoms. The summed E-state index contributed by atoms with van der Waals surface area (Å²) in [6, 6.07) is 68.0. The number of anilines is 3. The van der Waals surface area contributed by atoms with Crippen molar-refractivity contribution in [3.05, 3.63) is 225 Å². The maximum Gasteiger partial charge on any atom is 0.251 e. The number of nitrogens with zero attached hydrogens (tertiary/aromatic N) is 4. The van der Waals surface area contributed by atoms with Crippen LogP contribution in [0.25, 0.3) is 105 Å². The number of hydrogen-bond donors (Lipinski definition) is 0. The SMILES string of the molecule is Cc1ccc2c(c1)-c1cc(C)cc3c1B2c1c2c(c(-n4c5ccc(C)cc5c5cc(C)ccc54)c(-n4c5ccc(C)cc5c5cc(C)ccc54)c1-n1c4ccc(C)cc4c4cc(C)ccc41)B1c4ccc(C)cc4-c4cc(C)cc(c41)N32. The molecule has 0 N–H and O–H groups in total. The molecular formula is C76H58B2N4. The minimum absolute atomic E-state index is 0.108. The molecule has 0 saturated heterocycles. The molecule has 0 fully saturated rings. The number of fused-ring (bicyclic) bond motifs is 19. The van der Waals surface area contributed by atoms with Crippen LogP contribution in [-0.4, -0.2) is 27.1 Å².